The molecule has 0 saturated carbocycles. The van der Waals surface area contributed by atoms with Crippen LogP contribution >= 0.6 is 0 Å². The maximum atomic E-state index is 13.6. The molecule has 1 heterocycles. The highest BCUT2D eigenvalue weighted by atomic mass is 16.5. The molecule has 5 heteroatoms. The van der Waals surface area contributed by atoms with Crippen LogP contribution in [0.25, 0.3) is 0 Å². The van der Waals surface area contributed by atoms with Gasteiger partial charge in [0.15, 0.2) is 6.61 Å². The Labute approximate surface area is 182 Å². The standard InChI is InChI=1S/C26H26N2O3/c1-19-9-7-14-22(17-19)31-18-24(29)27-25(21-11-3-2-4-12-21)26(30)28-16-8-13-20-10-5-6-15-23(20)28/h2-7,9-12,14-15,17,25H,8,13,16,18H2,1H3,(H,27,29)/t25-/m0/s1. The lowest BCUT2D eigenvalue weighted by atomic mass is 9.99. The number of carbonyl (C=O) groups is 2. The van der Waals surface area contributed by atoms with Crippen molar-refractivity contribution in [3.8, 4) is 5.75 Å². The molecule has 0 aromatic heterocycles. The van der Waals surface area contributed by atoms with E-state index < -0.39 is 6.04 Å². The molecule has 1 atom stereocenters. The Hall–Kier alpha value is -3.60. The van der Waals surface area contributed by atoms with E-state index in [0.717, 1.165) is 35.2 Å². The summed E-state index contributed by atoms with van der Waals surface area (Å²) in [6.07, 6.45) is 1.85. The van der Waals surface area contributed by atoms with Crippen LogP contribution in [0.5, 0.6) is 5.75 Å². The molecule has 0 radical (unpaired) electrons. The summed E-state index contributed by atoms with van der Waals surface area (Å²) in [5, 5.41) is 2.89. The van der Waals surface area contributed by atoms with Crippen molar-refractivity contribution in [1.82, 2.24) is 5.32 Å². The zero-order valence-electron chi connectivity index (χ0n) is 17.6. The van der Waals surface area contributed by atoms with Crippen molar-refractivity contribution in [2.75, 3.05) is 18.1 Å². The number of hydrogen-bond acceptors (Lipinski definition) is 3. The average molecular weight is 415 g/mol. The molecule has 0 unspecified atom stereocenters. The van der Waals surface area contributed by atoms with Gasteiger partial charge in [0.05, 0.1) is 0 Å². The summed E-state index contributed by atoms with van der Waals surface area (Å²) < 4.78 is 5.63. The van der Waals surface area contributed by atoms with Gasteiger partial charge in [-0.3, -0.25) is 9.59 Å². The number of anilines is 1. The molecule has 5 nitrogen and oxygen atoms in total. The maximum absolute atomic E-state index is 13.6. The smallest absolute Gasteiger partial charge is 0.258 e. The van der Waals surface area contributed by atoms with E-state index in [0.29, 0.717) is 12.3 Å². The molecule has 0 bridgehead atoms. The van der Waals surface area contributed by atoms with E-state index in [1.807, 2.05) is 79.7 Å². The van der Waals surface area contributed by atoms with Crippen LogP contribution in [-0.2, 0) is 16.0 Å². The molecular formula is C26H26N2O3. The third kappa shape index (κ3) is 4.94. The van der Waals surface area contributed by atoms with Gasteiger partial charge in [0.2, 0.25) is 0 Å². The van der Waals surface area contributed by atoms with Gasteiger partial charge in [-0.15, -0.1) is 0 Å². The summed E-state index contributed by atoms with van der Waals surface area (Å²) in [5.41, 5.74) is 3.88. The fraction of sp³-hybridized carbons (Fsp3) is 0.231. The van der Waals surface area contributed by atoms with Crippen LogP contribution in [0.1, 0.15) is 29.2 Å². The van der Waals surface area contributed by atoms with Gasteiger partial charge in [-0.05, 0) is 54.7 Å². The number of para-hydroxylation sites is 1. The first-order chi connectivity index (χ1) is 15.1. The molecule has 3 aromatic rings. The Bertz CT molecular complexity index is 1070. The Kier molecular flexibility index (Phi) is 6.32. The number of hydrogen-bond donors (Lipinski definition) is 1. The summed E-state index contributed by atoms with van der Waals surface area (Å²) in [6, 6.07) is 24.1. The number of nitrogens with zero attached hydrogens (tertiary/aromatic N) is 1. The summed E-state index contributed by atoms with van der Waals surface area (Å²) >= 11 is 0. The van der Waals surface area contributed by atoms with E-state index in [9.17, 15) is 9.59 Å². The fourth-order valence-corrected chi connectivity index (χ4v) is 3.91. The highest BCUT2D eigenvalue weighted by Gasteiger charge is 2.30. The second-order valence-corrected chi connectivity index (χ2v) is 7.74. The first-order valence-corrected chi connectivity index (χ1v) is 10.5. The minimum absolute atomic E-state index is 0.137. The Balaban J connectivity index is 1.53. The second kappa shape index (κ2) is 9.47. The highest BCUT2D eigenvalue weighted by Crippen LogP contribution is 2.29. The molecule has 1 aliphatic heterocycles. The number of nitrogens with one attached hydrogen (secondary N) is 1. The van der Waals surface area contributed by atoms with Crippen LogP contribution in [0.15, 0.2) is 78.9 Å². The summed E-state index contributed by atoms with van der Waals surface area (Å²) in [6.45, 7) is 2.44. The van der Waals surface area contributed by atoms with Gasteiger partial charge in [0.1, 0.15) is 11.8 Å². The van der Waals surface area contributed by atoms with E-state index in [2.05, 4.69) is 11.4 Å². The number of amides is 2. The zero-order valence-corrected chi connectivity index (χ0v) is 17.6. The monoisotopic (exact) mass is 414 g/mol. The number of ether oxygens (including phenoxy) is 1. The molecule has 1 N–H and O–H groups in total. The molecule has 0 aliphatic carbocycles. The van der Waals surface area contributed by atoms with Crippen molar-refractivity contribution in [3.05, 3.63) is 95.6 Å². The predicted molar refractivity (Wildman–Crippen MR) is 121 cm³/mol. The van der Waals surface area contributed by atoms with Crippen molar-refractivity contribution in [1.29, 1.82) is 0 Å². The Morgan fingerprint density at radius 1 is 1.00 bits per heavy atom. The topological polar surface area (TPSA) is 58.6 Å². The third-order valence-corrected chi connectivity index (χ3v) is 5.42. The van der Waals surface area contributed by atoms with Crippen molar-refractivity contribution < 1.29 is 14.3 Å². The first kappa shape index (κ1) is 20.7. The molecule has 0 fully saturated rings. The van der Waals surface area contributed by atoms with E-state index in [1.54, 1.807) is 4.90 Å². The maximum Gasteiger partial charge on any atom is 0.258 e. The Morgan fingerprint density at radius 2 is 1.77 bits per heavy atom. The van der Waals surface area contributed by atoms with Crippen LogP contribution in [0, 0.1) is 6.92 Å². The van der Waals surface area contributed by atoms with Gasteiger partial charge in [0, 0.05) is 12.2 Å². The zero-order chi connectivity index (χ0) is 21.6. The summed E-state index contributed by atoms with van der Waals surface area (Å²) in [7, 11) is 0. The van der Waals surface area contributed by atoms with Crippen molar-refractivity contribution >= 4 is 17.5 Å². The predicted octanol–water partition coefficient (Wildman–Crippen LogP) is 4.21. The summed E-state index contributed by atoms with van der Waals surface area (Å²) in [5.74, 6) is 0.152. The quantitative estimate of drug-likeness (QED) is 0.657. The molecule has 2 amide bonds. The van der Waals surface area contributed by atoms with Gasteiger partial charge in [0.25, 0.3) is 11.8 Å². The van der Waals surface area contributed by atoms with Gasteiger partial charge < -0.3 is 15.0 Å². The number of fused-ring (bicyclic) bond motifs is 1. The lowest BCUT2D eigenvalue weighted by Gasteiger charge is -2.32. The largest absolute Gasteiger partial charge is 0.484 e. The van der Waals surface area contributed by atoms with Crippen LogP contribution < -0.4 is 15.0 Å². The van der Waals surface area contributed by atoms with E-state index in [4.69, 9.17) is 4.74 Å². The minimum atomic E-state index is -0.777. The van der Waals surface area contributed by atoms with Crippen molar-refractivity contribution in [3.63, 3.8) is 0 Å². The fourth-order valence-electron chi connectivity index (χ4n) is 3.91. The van der Waals surface area contributed by atoms with Crippen LogP contribution in [0.4, 0.5) is 5.69 Å². The van der Waals surface area contributed by atoms with E-state index >= 15 is 0 Å². The lowest BCUT2D eigenvalue weighted by Crippen LogP contribution is -2.46. The molecule has 4 rings (SSSR count). The molecule has 3 aromatic carbocycles. The SMILES string of the molecule is Cc1cccc(OCC(=O)N[C@H](C(=O)N2CCCc3ccccc32)c2ccccc2)c1. The molecule has 0 spiro atoms. The molecular weight excluding hydrogens is 388 g/mol. The first-order valence-electron chi connectivity index (χ1n) is 10.5. The van der Waals surface area contributed by atoms with E-state index in [1.165, 1.54) is 0 Å². The minimum Gasteiger partial charge on any atom is -0.484 e. The van der Waals surface area contributed by atoms with Gasteiger partial charge in [-0.25, -0.2) is 0 Å². The Morgan fingerprint density at radius 3 is 2.58 bits per heavy atom. The van der Waals surface area contributed by atoms with Crippen molar-refractivity contribution in [2.45, 2.75) is 25.8 Å². The van der Waals surface area contributed by atoms with Crippen molar-refractivity contribution in [2.24, 2.45) is 0 Å². The lowest BCUT2D eigenvalue weighted by molar-refractivity contribution is -0.129. The van der Waals surface area contributed by atoms with Gasteiger partial charge in [-0.2, -0.15) is 0 Å². The van der Waals surface area contributed by atoms with Gasteiger partial charge in [-0.1, -0.05) is 60.7 Å². The molecule has 158 valence electrons. The third-order valence-electron chi connectivity index (χ3n) is 5.42. The van der Waals surface area contributed by atoms with Crippen LogP contribution in [0.2, 0.25) is 0 Å². The average Bonchev–Trinajstić information content (AvgIpc) is 2.81. The molecule has 1 aliphatic rings. The highest BCUT2D eigenvalue weighted by molar-refractivity contribution is 6.00. The number of rotatable bonds is 6. The number of carbonyl (C=O) groups excluding carboxylic acids is 2. The van der Waals surface area contributed by atoms with Crippen LogP contribution in [0.3, 0.4) is 0 Å². The number of benzene rings is 3. The molecule has 0 saturated heterocycles. The van der Waals surface area contributed by atoms with Gasteiger partial charge >= 0.3 is 0 Å². The normalized spacial score (nSPS) is 13.8. The number of aryl methyl sites for hydroxylation is 2. The van der Waals surface area contributed by atoms with Crippen LogP contribution in [-0.4, -0.2) is 25.0 Å². The second-order valence-electron chi connectivity index (χ2n) is 7.74. The summed E-state index contributed by atoms with van der Waals surface area (Å²) in [4.78, 5) is 28.1. The van der Waals surface area contributed by atoms with E-state index in [-0.39, 0.29) is 18.4 Å². The molecule has 31 heavy (non-hydrogen) atoms.